The molecule has 136 valence electrons. The summed E-state index contributed by atoms with van der Waals surface area (Å²) in [4.78, 5) is 4.55. The molecule has 6 heteroatoms. The van der Waals surface area contributed by atoms with Gasteiger partial charge < -0.3 is 24.9 Å². The average Bonchev–Trinajstić information content (AvgIpc) is 3.05. The van der Waals surface area contributed by atoms with Crippen molar-refractivity contribution in [3.8, 4) is 5.75 Å². The molecule has 0 radical (unpaired) electrons. The summed E-state index contributed by atoms with van der Waals surface area (Å²) in [6.45, 7) is 7.11. The van der Waals surface area contributed by atoms with Crippen LogP contribution in [0, 0.1) is 6.92 Å². The van der Waals surface area contributed by atoms with Crippen molar-refractivity contribution in [2.45, 2.75) is 32.9 Å². The summed E-state index contributed by atoms with van der Waals surface area (Å²) in [5, 5.41) is 16.9. The number of furan rings is 1. The molecule has 2 aromatic rings. The van der Waals surface area contributed by atoms with Crippen molar-refractivity contribution in [3.05, 3.63) is 53.5 Å². The van der Waals surface area contributed by atoms with E-state index in [1.807, 2.05) is 44.2 Å². The predicted octanol–water partition coefficient (Wildman–Crippen LogP) is 2.56. The lowest BCUT2D eigenvalue weighted by atomic mass is 10.0. The van der Waals surface area contributed by atoms with Crippen LogP contribution in [0.4, 0.5) is 0 Å². The molecule has 1 unspecified atom stereocenters. The second kappa shape index (κ2) is 8.58. The first-order valence-corrected chi connectivity index (χ1v) is 8.39. The fraction of sp³-hybridized carbons (Fsp3) is 0.421. The maximum Gasteiger partial charge on any atom is 0.191 e. The number of aliphatic hydroxyl groups is 1. The molecule has 1 atom stereocenters. The third-order valence-corrected chi connectivity index (χ3v) is 3.79. The molecule has 0 saturated heterocycles. The van der Waals surface area contributed by atoms with Crippen LogP contribution in [0.2, 0.25) is 0 Å². The van der Waals surface area contributed by atoms with Crippen molar-refractivity contribution in [3.63, 3.8) is 0 Å². The van der Waals surface area contributed by atoms with E-state index >= 15 is 0 Å². The van der Waals surface area contributed by atoms with Gasteiger partial charge in [-0.25, -0.2) is 4.99 Å². The van der Waals surface area contributed by atoms with Gasteiger partial charge in [-0.3, -0.25) is 0 Å². The molecule has 1 aromatic carbocycles. The monoisotopic (exact) mass is 345 g/mol. The van der Waals surface area contributed by atoms with E-state index in [1.165, 1.54) is 0 Å². The molecule has 0 saturated carbocycles. The number of methoxy groups -OCH3 is 1. The highest BCUT2D eigenvalue weighted by Gasteiger charge is 2.27. The molecule has 2 rings (SSSR count). The van der Waals surface area contributed by atoms with Gasteiger partial charge in [0.15, 0.2) is 5.96 Å². The van der Waals surface area contributed by atoms with E-state index in [4.69, 9.17) is 9.15 Å². The molecule has 0 aliphatic carbocycles. The molecular formula is C19H27N3O3. The molecule has 0 spiro atoms. The average molecular weight is 345 g/mol. The number of aryl methyl sites for hydroxylation is 1. The summed E-state index contributed by atoms with van der Waals surface area (Å²) < 4.78 is 10.7. The van der Waals surface area contributed by atoms with Gasteiger partial charge in [0.05, 0.1) is 20.2 Å². The largest absolute Gasteiger partial charge is 0.497 e. The van der Waals surface area contributed by atoms with E-state index < -0.39 is 5.60 Å². The zero-order valence-electron chi connectivity index (χ0n) is 15.3. The summed E-state index contributed by atoms with van der Waals surface area (Å²) >= 11 is 0. The molecule has 0 aliphatic heterocycles. The first-order chi connectivity index (χ1) is 11.9. The van der Waals surface area contributed by atoms with Gasteiger partial charge in [-0.2, -0.15) is 0 Å². The Labute approximate surface area is 148 Å². The van der Waals surface area contributed by atoms with Gasteiger partial charge in [-0.15, -0.1) is 0 Å². The molecule has 1 heterocycles. The molecular weight excluding hydrogens is 318 g/mol. The predicted molar refractivity (Wildman–Crippen MR) is 98.8 cm³/mol. The minimum Gasteiger partial charge on any atom is -0.497 e. The van der Waals surface area contributed by atoms with E-state index in [-0.39, 0.29) is 6.54 Å². The number of nitrogens with zero attached hydrogens (tertiary/aromatic N) is 1. The number of benzene rings is 1. The van der Waals surface area contributed by atoms with Gasteiger partial charge in [0.1, 0.15) is 22.9 Å². The minimum atomic E-state index is -1.12. The first-order valence-electron chi connectivity index (χ1n) is 8.39. The van der Waals surface area contributed by atoms with E-state index in [0.717, 1.165) is 23.6 Å². The van der Waals surface area contributed by atoms with Gasteiger partial charge in [-0.1, -0.05) is 12.1 Å². The maximum absolute atomic E-state index is 10.6. The number of hydrogen-bond acceptors (Lipinski definition) is 4. The standard InChI is InChI=1S/C19H27N3O3/c1-5-20-18(21-12-15-7-9-16(24-4)10-8-15)22-13-19(3,23)17-11-6-14(2)25-17/h6-11,23H,5,12-13H2,1-4H3,(H2,20,21,22). The zero-order valence-corrected chi connectivity index (χ0v) is 15.3. The van der Waals surface area contributed by atoms with Crippen molar-refractivity contribution >= 4 is 5.96 Å². The Kier molecular flexibility index (Phi) is 6.47. The summed E-state index contributed by atoms with van der Waals surface area (Å²) in [6, 6.07) is 11.4. The van der Waals surface area contributed by atoms with E-state index in [0.29, 0.717) is 18.3 Å². The van der Waals surface area contributed by atoms with Crippen molar-refractivity contribution < 1.29 is 14.3 Å². The Morgan fingerprint density at radius 2 is 1.92 bits per heavy atom. The molecule has 0 amide bonds. The van der Waals surface area contributed by atoms with Gasteiger partial charge in [0.2, 0.25) is 0 Å². The van der Waals surface area contributed by atoms with E-state index in [2.05, 4.69) is 15.6 Å². The Morgan fingerprint density at radius 3 is 2.48 bits per heavy atom. The lowest BCUT2D eigenvalue weighted by Gasteiger charge is -2.22. The van der Waals surface area contributed by atoms with Crippen molar-refractivity contribution in [1.82, 2.24) is 10.6 Å². The normalized spacial score (nSPS) is 14.0. The molecule has 25 heavy (non-hydrogen) atoms. The number of aliphatic imine (C=N–C) groups is 1. The van der Waals surface area contributed by atoms with Crippen LogP contribution in [0.15, 0.2) is 45.8 Å². The van der Waals surface area contributed by atoms with Crippen LogP contribution < -0.4 is 15.4 Å². The Bertz CT molecular complexity index is 690. The van der Waals surface area contributed by atoms with Gasteiger partial charge >= 0.3 is 0 Å². The number of ether oxygens (including phenoxy) is 1. The van der Waals surface area contributed by atoms with Crippen molar-refractivity contribution in [2.24, 2.45) is 4.99 Å². The third-order valence-electron chi connectivity index (χ3n) is 3.79. The summed E-state index contributed by atoms with van der Waals surface area (Å²) in [6.07, 6.45) is 0. The minimum absolute atomic E-state index is 0.286. The number of nitrogens with one attached hydrogen (secondary N) is 2. The lowest BCUT2D eigenvalue weighted by molar-refractivity contribution is 0.0378. The van der Waals surface area contributed by atoms with Crippen LogP contribution in [0.25, 0.3) is 0 Å². The van der Waals surface area contributed by atoms with Crippen LogP contribution in [0.1, 0.15) is 30.9 Å². The highest BCUT2D eigenvalue weighted by atomic mass is 16.5. The topological polar surface area (TPSA) is 79.0 Å². The quantitative estimate of drug-likeness (QED) is 0.531. The smallest absolute Gasteiger partial charge is 0.191 e. The SMILES string of the molecule is CCNC(=NCc1ccc(OC)cc1)NCC(C)(O)c1ccc(C)o1. The number of guanidine groups is 1. The number of rotatable bonds is 7. The summed E-state index contributed by atoms with van der Waals surface area (Å²) in [5.74, 6) is 2.77. The van der Waals surface area contributed by atoms with Crippen molar-refractivity contribution in [2.75, 3.05) is 20.2 Å². The van der Waals surface area contributed by atoms with Crippen molar-refractivity contribution in [1.29, 1.82) is 0 Å². The lowest BCUT2D eigenvalue weighted by Crippen LogP contribution is -2.44. The third kappa shape index (κ3) is 5.53. The molecule has 6 nitrogen and oxygen atoms in total. The Balaban J connectivity index is 1.99. The maximum atomic E-state index is 10.6. The summed E-state index contributed by atoms with van der Waals surface area (Å²) in [5.41, 5.74) is -0.0451. The van der Waals surface area contributed by atoms with E-state index in [9.17, 15) is 5.11 Å². The van der Waals surface area contributed by atoms with Crippen LogP contribution in [0.5, 0.6) is 5.75 Å². The van der Waals surface area contributed by atoms with Crippen LogP contribution >= 0.6 is 0 Å². The van der Waals surface area contributed by atoms with E-state index in [1.54, 1.807) is 20.1 Å². The fourth-order valence-corrected chi connectivity index (χ4v) is 2.31. The van der Waals surface area contributed by atoms with Crippen LogP contribution in [-0.2, 0) is 12.1 Å². The van der Waals surface area contributed by atoms with Crippen LogP contribution in [-0.4, -0.2) is 31.3 Å². The molecule has 1 aromatic heterocycles. The Morgan fingerprint density at radius 1 is 1.20 bits per heavy atom. The summed E-state index contributed by atoms with van der Waals surface area (Å²) in [7, 11) is 1.65. The van der Waals surface area contributed by atoms with Gasteiger partial charge in [-0.05, 0) is 50.6 Å². The number of hydrogen-bond donors (Lipinski definition) is 3. The Hall–Kier alpha value is -2.47. The molecule has 0 bridgehead atoms. The second-order valence-corrected chi connectivity index (χ2v) is 6.08. The van der Waals surface area contributed by atoms with Gasteiger partial charge in [0.25, 0.3) is 0 Å². The highest BCUT2D eigenvalue weighted by Crippen LogP contribution is 2.21. The molecule has 3 N–H and O–H groups in total. The van der Waals surface area contributed by atoms with Gasteiger partial charge in [0, 0.05) is 6.54 Å². The zero-order chi connectivity index (χ0) is 18.3. The highest BCUT2D eigenvalue weighted by molar-refractivity contribution is 5.79. The second-order valence-electron chi connectivity index (χ2n) is 6.08. The fourth-order valence-electron chi connectivity index (χ4n) is 2.31. The van der Waals surface area contributed by atoms with Crippen LogP contribution in [0.3, 0.4) is 0 Å². The first kappa shape index (κ1) is 18.9. The molecule has 0 fully saturated rings. The molecule has 0 aliphatic rings.